The molecule has 2 aromatic carbocycles. The molecule has 5 aromatic rings. The molecule has 0 bridgehead atoms. The summed E-state index contributed by atoms with van der Waals surface area (Å²) in [7, 11) is 0. The van der Waals surface area contributed by atoms with Crippen molar-refractivity contribution in [2.45, 2.75) is 6.61 Å². The van der Waals surface area contributed by atoms with Gasteiger partial charge in [-0.25, -0.2) is 23.3 Å². The zero-order valence-corrected chi connectivity index (χ0v) is 14.3. The van der Waals surface area contributed by atoms with Crippen molar-refractivity contribution in [2.24, 2.45) is 0 Å². The largest absolute Gasteiger partial charge is 0.486 e. The van der Waals surface area contributed by atoms with Crippen LogP contribution in [0.3, 0.4) is 0 Å². The molecular formula is C19H12F2N6O. The van der Waals surface area contributed by atoms with Gasteiger partial charge in [0.15, 0.2) is 28.7 Å². The van der Waals surface area contributed by atoms with Crippen molar-refractivity contribution in [2.75, 3.05) is 0 Å². The second-order valence-corrected chi connectivity index (χ2v) is 6.10. The molecule has 0 amide bonds. The summed E-state index contributed by atoms with van der Waals surface area (Å²) in [6.07, 6.45) is 3.20. The highest BCUT2D eigenvalue weighted by Crippen LogP contribution is 2.25. The molecule has 3 aromatic heterocycles. The second-order valence-electron chi connectivity index (χ2n) is 6.10. The average Bonchev–Trinajstić information content (AvgIpc) is 3.34. The van der Waals surface area contributed by atoms with Crippen LogP contribution in [0.15, 0.2) is 55.0 Å². The van der Waals surface area contributed by atoms with Gasteiger partial charge in [-0.2, -0.15) is 5.10 Å². The standard InChI is InChI=1S/C19H12F2N6O/c20-12-5-6-16(15(21)7-12)28-9-11-3-1-2-4-13(11)18-24-19-14-8-23-25-17(14)22-10-27(19)26-18/h1-8,10H,9H2,(H,23,25). The number of aromatic nitrogens is 6. The molecule has 0 saturated heterocycles. The molecule has 9 heteroatoms. The van der Waals surface area contributed by atoms with E-state index >= 15 is 0 Å². The van der Waals surface area contributed by atoms with Gasteiger partial charge in [0.1, 0.15) is 18.8 Å². The summed E-state index contributed by atoms with van der Waals surface area (Å²) in [6.45, 7) is 0.0770. The number of hydrogen-bond donors (Lipinski definition) is 1. The number of nitrogens with one attached hydrogen (secondary N) is 1. The molecule has 3 heterocycles. The Morgan fingerprint density at radius 2 is 2.00 bits per heavy atom. The summed E-state index contributed by atoms with van der Waals surface area (Å²) in [5.41, 5.74) is 2.74. The average molecular weight is 378 g/mol. The van der Waals surface area contributed by atoms with Gasteiger partial charge < -0.3 is 4.74 Å². The van der Waals surface area contributed by atoms with Crippen molar-refractivity contribution in [3.8, 4) is 17.1 Å². The van der Waals surface area contributed by atoms with Crippen LogP contribution in [-0.2, 0) is 6.61 Å². The molecule has 1 N–H and O–H groups in total. The van der Waals surface area contributed by atoms with Crippen LogP contribution < -0.4 is 4.74 Å². The lowest BCUT2D eigenvalue weighted by molar-refractivity contribution is 0.289. The predicted octanol–water partition coefficient (Wildman–Crippen LogP) is 3.52. The van der Waals surface area contributed by atoms with E-state index in [1.165, 1.54) is 6.07 Å². The van der Waals surface area contributed by atoms with Crippen molar-refractivity contribution in [3.63, 3.8) is 0 Å². The molecule has 0 spiro atoms. The normalized spacial score (nSPS) is 11.4. The maximum atomic E-state index is 13.8. The Morgan fingerprint density at radius 3 is 2.89 bits per heavy atom. The molecule has 0 saturated carbocycles. The van der Waals surface area contributed by atoms with Crippen LogP contribution >= 0.6 is 0 Å². The molecular weight excluding hydrogens is 366 g/mol. The molecule has 138 valence electrons. The quantitative estimate of drug-likeness (QED) is 0.517. The monoisotopic (exact) mass is 378 g/mol. The van der Waals surface area contributed by atoms with Gasteiger partial charge >= 0.3 is 0 Å². The van der Waals surface area contributed by atoms with Gasteiger partial charge in [-0.05, 0) is 12.1 Å². The molecule has 7 nitrogen and oxygen atoms in total. The number of hydrogen-bond acceptors (Lipinski definition) is 5. The number of fused-ring (bicyclic) bond motifs is 3. The Morgan fingerprint density at radius 1 is 1.11 bits per heavy atom. The summed E-state index contributed by atoms with van der Waals surface area (Å²) in [5, 5.41) is 12.0. The first-order valence-electron chi connectivity index (χ1n) is 8.39. The van der Waals surface area contributed by atoms with Crippen molar-refractivity contribution in [3.05, 3.63) is 72.2 Å². The Kier molecular flexibility index (Phi) is 3.71. The van der Waals surface area contributed by atoms with Gasteiger partial charge in [-0.15, -0.1) is 5.10 Å². The molecule has 0 atom stereocenters. The number of H-pyrrole nitrogens is 1. The summed E-state index contributed by atoms with van der Waals surface area (Å²) in [5.74, 6) is -0.951. The predicted molar refractivity (Wildman–Crippen MR) is 96.6 cm³/mol. The van der Waals surface area contributed by atoms with Gasteiger partial charge in [-0.1, -0.05) is 24.3 Å². The number of nitrogens with zero attached hydrogens (tertiary/aromatic N) is 5. The van der Waals surface area contributed by atoms with E-state index in [1.807, 2.05) is 24.3 Å². The van der Waals surface area contributed by atoms with E-state index in [4.69, 9.17) is 4.74 Å². The highest BCUT2D eigenvalue weighted by molar-refractivity contribution is 5.88. The van der Waals surface area contributed by atoms with E-state index in [2.05, 4.69) is 25.3 Å². The van der Waals surface area contributed by atoms with Crippen molar-refractivity contribution < 1.29 is 13.5 Å². The van der Waals surface area contributed by atoms with Crippen molar-refractivity contribution in [1.82, 2.24) is 29.8 Å². The maximum absolute atomic E-state index is 13.8. The van der Waals surface area contributed by atoms with E-state index in [0.717, 1.165) is 28.6 Å². The molecule has 0 unspecified atom stereocenters. The Bertz CT molecular complexity index is 1310. The topological polar surface area (TPSA) is 81.0 Å². The lowest BCUT2D eigenvalue weighted by atomic mass is 10.1. The lowest BCUT2D eigenvalue weighted by Crippen LogP contribution is -2.00. The number of halogens is 2. The van der Waals surface area contributed by atoms with Crippen LogP contribution in [0.1, 0.15) is 5.56 Å². The molecule has 0 radical (unpaired) electrons. The van der Waals surface area contributed by atoms with Crippen LogP contribution in [-0.4, -0.2) is 29.8 Å². The summed E-state index contributed by atoms with van der Waals surface area (Å²) in [4.78, 5) is 8.84. The van der Waals surface area contributed by atoms with E-state index in [-0.39, 0.29) is 12.4 Å². The van der Waals surface area contributed by atoms with Crippen LogP contribution in [0.25, 0.3) is 28.1 Å². The number of benzene rings is 2. The fourth-order valence-electron chi connectivity index (χ4n) is 2.97. The van der Waals surface area contributed by atoms with Crippen LogP contribution in [0.2, 0.25) is 0 Å². The molecule has 0 aliphatic heterocycles. The van der Waals surface area contributed by atoms with Crippen LogP contribution in [0.5, 0.6) is 5.75 Å². The van der Waals surface area contributed by atoms with Gasteiger partial charge in [0, 0.05) is 17.2 Å². The van der Waals surface area contributed by atoms with E-state index in [0.29, 0.717) is 17.1 Å². The SMILES string of the molecule is Fc1ccc(OCc2ccccc2-c2nc3c4cn[nH]c4ncn3n2)c(F)c1. The number of aromatic amines is 1. The summed E-state index contributed by atoms with van der Waals surface area (Å²) < 4.78 is 34.0. The van der Waals surface area contributed by atoms with Gasteiger partial charge in [0.25, 0.3) is 0 Å². The zero-order valence-electron chi connectivity index (χ0n) is 14.3. The molecule has 5 rings (SSSR count). The van der Waals surface area contributed by atoms with E-state index in [9.17, 15) is 8.78 Å². The van der Waals surface area contributed by atoms with Crippen molar-refractivity contribution >= 4 is 16.7 Å². The highest BCUT2D eigenvalue weighted by atomic mass is 19.1. The Hall–Kier alpha value is -3.88. The van der Waals surface area contributed by atoms with Crippen LogP contribution in [0, 0.1) is 11.6 Å². The second kappa shape index (κ2) is 6.38. The Labute approximate surface area is 156 Å². The van der Waals surface area contributed by atoms with Gasteiger partial charge in [0.2, 0.25) is 0 Å². The molecule has 28 heavy (non-hydrogen) atoms. The first kappa shape index (κ1) is 16.3. The minimum atomic E-state index is -0.753. The first-order valence-corrected chi connectivity index (χ1v) is 8.39. The third kappa shape index (κ3) is 2.73. The van der Waals surface area contributed by atoms with E-state index in [1.54, 1.807) is 17.0 Å². The first-order chi connectivity index (χ1) is 13.7. The number of rotatable bonds is 4. The summed E-state index contributed by atoms with van der Waals surface area (Å²) in [6, 6.07) is 10.6. The molecule has 0 fully saturated rings. The Balaban J connectivity index is 1.52. The highest BCUT2D eigenvalue weighted by Gasteiger charge is 2.14. The molecule has 0 aliphatic rings. The van der Waals surface area contributed by atoms with Crippen molar-refractivity contribution in [1.29, 1.82) is 0 Å². The third-order valence-corrected chi connectivity index (χ3v) is 4.32. The number of ether oxygens (including phenoxy) is 1. The zero-order chi connectivity index (χ0) is 19.1. The van der Waals surface area contributed by atoms with Gasteiger partial charge in [0.05, 0.1) is 11.6 Å². The van der Waals surface area contributed by atoms with E-state index < -0.39 is 11.6 Å². The smallest absolute Gasteiger partial charge is 0.182 e. The summed E-state index contributed by atoms with van der Waals surface area (Å²) >= 11 is 0. The lowest BCUT2D eigenvalue weighted by Gasteiger charge is -2.10. The fraction of sp³-hybridized carbons (Fsp3) is 0.0526. The van der Waals surface area contributed by atoms with Crippen LogP contribution in [0.4, 0.5) is 8.78 Å². The molecule has 0 aliphatic carbocycles. The third-order valence-electron chi connectivity index (χ3n) is 4.32. The fourth-order valence-corrected chi connectivity index (χ4v) is 2.97. The minimum Gasteiger partial charge on any atom is -0.486 e. The van der Waals surface area contributed by atoms with Gasteiger partial charge in [-0.3, -0.25) is 5.10 Å². The maximum Gasteiger partial charge on any atom is 0.182 e. The minimum absolute atomic E-state index is 0.0246.